The predicted molar refractivity (Wildman–Crippen MR) is 60.4 cm³/mol. The van der Waals surface area contributed by atoms with E-state index in [1.807, 2.05) is 26.0 Å². The van der Waals surface area contributed by atoms with Gasteiger partial charge in [0.1, 0.15) is 0 Å². The number of nitrogens with one attached hydrogen (secondary N) is 1. The molecule has 82 valence electrons. The number of nitrogens with zero attached hydrogens (tertiary/aromatic N) is 1. The van der Waals surface area contributed by atoms with Crippen LogP contribution in [0.15, 0.2) is 18.3 Å². The van der Waals surface area contributed by atoms with E-state index in [4.69, 9.17) is 5.73 Å². The number of amides is 1. The largest absolute Gasteiger partial charge is 0.330 e. The fourth-order valence-corrected chi connectivity index (χ4v) is 1.25. The second kappa shape index (κ2) is 5.46. The summed E-state index contributed by atoms with van der Waals surface area (Å²) in [4.78, 5) is 15.7. The zero-order valence-electron chi connectivity index (χ0n) is 9.16. The number of aromatic nitrogens is 1. The first-order valence-corrected chi connectivity index (χ1v) is 5.11. The SMILES string of the molecule is CCC(CN)C(=O)Nc1ccc(C)nc1. The Morgan fingerprint density at radius 3 is 2.80 bits per heavy atom. The van der Waals surface area contributed by atoms with Crippen LogP contribution < -0.4 is 11.1 Å². The van der Waals surface area contributed by atoms with Crippen molar-refractivity contribution >= 4 is 11.6 Å². The van der Waals surface area contributed by atoms with E-state index in [0.29, 0.717) is 6.54 Å². The zero-order valence-corrected chi connectivity index (χ0v) is 9.16. The van der Waals surface area contributed by atoms with Crippen molar-refractivity contribution < 1.29 is 4.79 Å². The topological polar surface area (TPSA) is 68.0 Å². The smallest absolute Gasteiger partial charge is 0.228 e. The number of carbonyl (C=O) groups excluding carboxylic acids is 1. The maximum absolute atomic E-state index is 11.6. The van der Waals surface area contributed by atoms with Gasteiger partial charge >= 0.3 is 0 Å². The lowest BCUT2D eigenvalue weighted by Gasteiger charge is -2.12. The first-order chi connectivity index (χ1) is 7.17. The summed E-state index contributed by atoms with van der Waals surface area (Å²) in [5.74, 6) is -0.156. The lowest BCUT2D eigenvalue weighted by Crippen LogP contribution is -2.28. The van der Waals surface area contributed by atoms with Gasteiger partial charge in [0.05, 0.1) is 17.8 Å². The van der Waals surface area contributed by atoms with Crippen LogP contribution >= 0.6 is 0 Å². The number of rotatable bonds is 4. The number of carbonyl (C=O) groups is 1. The van der Waals surface area contributed by atoms with Gasteiger partial charge in [-0.25, -0.2) is 0 Å². The number of pyridine rings is 1. The number of hydrogen-bond donors (Lipinski definition) is 2. The van der Waals surface area contributed by atoms with Crippen LogP contribution in [0.25, 0.3) is 0 Å². The zero-order chi connectivity index (χ0) is 11.3. The molecular weight excluding hydrogens is 190 g/mol. The summed E-state index contributed by atoms with van der Waals surface area (Å²) >= 11 is 0. The van der Waals surface area contributed by atoms with E-state index in [9.17, 15) is 4.79 Å². The lowest BCUT2D eigenvalue weighted by molar-refractivity contribution is -0.119. The molecule has 1 heterocycles. The average Bonchev–Trinajstić information content (AvgIpc) is 2.23. The Morgan fingerprint density at radius 1 is 1.60 bits per heavy atom. The normalized spacial score (nSPS) is 12.2. The van der Waals surface area contributed by atoms with Crippen LogP contribution in [0.2, 0.25) is 0 Å². The highest BCUT2D eigenvalue weighted by Gasteiger charge is 2.14. The lowest BCUT2D eigenvalue weighted by atomic mass is 10.1. The molecule has 0 aliphatic rings. The van der Waals surface area contributed by atoms with E-state index < -0.39 is 0 Å². The van der Waals surface area contributed by atoms with Gasteiger partial charge in [-0.15, -0.1) is 0 Å². The highest BCUT2D eigenvalue weighted by molar-refractivity contribution is 5.92. The third kappa shape index (κ3) is 3.32. The second-order valence-electron chi connectivity index (χ2n) is 3.52. The van der Waals surface area contributed by atoms with Gasteiger partial charge in [0.2, 0.25) is 5.91 Å². The second-order valence-corrected chi connectivity index (χ2v) is 3.52. The molecule has 0 aromatic carbocycles. The van der Waals surface area contributed by atoms with E-state index in [1.54, 1.807) is 6.20 Å². The molecule has 0 radical (unpaired) electrons. The van der Waals surface area contributed by atoms with Crippen LogP contribution in [0.3, 0.4) is 0 Å². The maximum atomic E-state index is 11.6. The van der Waals surface area contributed by atoms with Crippen molar-refractivity contribution in [2.75, 3.05) is 11.9 Å². The Kier molecular flexibility index (Phi) is 4.24. The Labute approximate surface area is 89.9 Å². The van der Waals surface area contributed by atoms with Gasteiger partial charge in [-0.3, -0.25) is 9.78 Å². The van der Waals surface area contributed by atoms with E-state index in [1.165, 1.54) is 0 Å². The molecule has 3 N–H and O–H groups in total. The van der Waals surface area contributed by atoms with Crippen LogP contribution in [0, 0.1) is 12.8 Å². The average molecular weight is 207 g/mol. The van der Waals surface area contributed by atoms with Gasteiger partial charge in [-0.2, -0.15) is 0 Å². The molecule has 1 amide bonds. The fraction of sp³-hybridized carbons (Fsp3) is 0.455. The molecule has 1 aromatic rings. The third-order valence-corrected chi connectivity index (χ3v) is 2.33. The highest BCUT2D eigenvalue weighted by Crippen LogP contribution is 2.09. The van der Waals surface area contributed by atoms with Crippen molar-refractivity contribution in [2.45, 2.75) is 20.3 Å². The van der Waals surface area contributed by atoms with Crippen molar-refractivity contribution in [1.29, 1.82) is 0 Å². The van der Waals surface area contributed by atoms with Crippen LogP contribution in [0.1, 0.15) is 19.0 Å². The minimum absolute atomic E-state index is 0.0364. The number of anilines is 1. The first-order valence-electron chi connectivity index (χ1n) is 5.11. The monoisotopic (exact) mass is 207 g/mol. The van der Waals surface area contributed by atoms with E-state index >= 15 is 0 Å². The molecule has 1 atom stereocenters. The van der Waals surface area contributed by atoms with Crippen molar-refractivity contribution in [3.05, 3.63) is 24.0 Å². The summed E-state index contributed by atoms with van der Waals surface area (Å²) in [5.41, 5.74) is 7.13. The van der Waals surface area contributed by atoms with Crippen LogP contribution in [0.5, 0.6) is 0 Å². The molecule has 1 unspecified atom stereocenters. The van der Waals surface area contributed by atoms with Gasteiger partial charge in [-0.1, -0.05) is 6.92 Å². The first kappa shape index (κ1) is 11.7. The summed E-state index contributed by atoms with van der Waals surface area (Å²) in [5, 5.41) is 2.79. The number of aryl methyl sites for hydroxylation is 1. The molecule has 0 aliphatic heterocycles. The number of hydrogen-bond acceptors (Lipinski definition) is 3. The summed E-state index contributed by atoms with van der Waals surface area (Å²) < 4.78 is 0. The minimum Gasteiger partial charge on any atom is -0.330 e. The molecule has 0 fully saturated rings. The number of nitrogens with two attached hydrogens (primary N) is 1. The van der Waals surface area contributed by atoms with Gasteiger partial charge in [-0.05, 0) is 25.5 Å². The van der Waals surface area contributed by atoms with Crippen LogP contribution in [0.4, 0.5) is 5.69 Å². The molecular formula is C11H17N3O. The van der Waals surface area contributed by atoms with Gasteiger partial charge in [0.25, 0.3) is 0 Å². The quantitative estimate of drug-likeness (QED) is 0.782. The van der Waals surface area contributed by atoms with Crippen LogP contribution in [-0.4, -0.2) is 17.4 Å². The summed E-state index contributed by atoms with van der Waals surface area (Å²) in [6.07, 6.45) is 2.40. The van der Waals surface area contributed by atoms with Crippen molar-refractivity contribution in [3.8, 4) is 0 Å². The van der Waals surface area contributed by atoms with E-state index in [-0.39, 0.29) is 11.8 Å². The van der Waals surface area contributed by atoms with Gasteiger partial charge in [0, 0.05) is 12.2 Å². The summed E-state index contributed by atoms with van der Waals surface area (Å²) in [7, 11) is 0. The highest BCUT2D eigenvalue weighted by atomic mass is 16.1. The third-order valence-electron chi connectivity index (χ3n) is 2.33. The van der Waals surface area contributed by atoms with E-state index in [2.05, 4.69) is 10.3 Å². The minimum atomic E-state index is -0.119. The Morgan fingerprint density at radius 2 is 2.33 bits per heavy atom. The molecule has 1 aromatic heterocycles. The molecule has 0 aliphatic carbocycles. The fourth-order valence-electron chi connectivity index (χ4n) is 1.25. The molecule has 0 spiro atoms. The van der Waals surface area contributed by atoms with Gasteiger partial charge < -0.3 is 11.1 Å². The predicted octanol–water partition coefficient (Wildman–Crippen LogP) is 1.31. The molecule has 0 saturated heterocycles. The molecule has 1 rings (SSSR count). The summed E-state index contributed by atoms with van der Waals surface area (Å²) in [6, 6.07) is 3.70. The van der Waals surface area contributed by atoms with Crippen molar-refractivity contribution in [2.24, 2.45) is 11.7 Å². The molecule has 0 saturated carbocycles. The Balaban J connectivity index is 2.61. The van der Waals surface area contributed by atoms with Crippen molar-refractivity contribution in [1.82, 2.24) is 4.98 Å². The molecule has 4 nitrogen and oxygen atoms in total. The Bertz CT molecular complexity index is 317. The molecule has 4 heteroatoms. The summed E-state index contributed by atoms with van der Waals surface area (Å²) in [6.45, 7) is 4.23. The van der Waals surface area contributed by atoms with E-state index in [0.717, 1.165) is 17.8 Å². The Hall–Kier alpha value is -1.42. The molecule has 0 bridgehead atoms. The van der Waals surface area contributed by atoms with Gasteiger partial charge in [0.15, 0.2) is 0 Å². The van der Waals surface area contributed by atoms with Crippen molar-refractivity contribution in [3.63, 3.8) is 0 Å². The van der Waals surface area contributed by atoms with Crippen LogP contribution in [-0.2, 0) is 4.79 Å². The standard InChI is InChI=1S/C11H17N3O/c1-3-9(6-12)11(15)14-10-5-4-8(2)13-7-10/h4-5,7,9H,3,6,12H2,1-2H3,(H,14,15). The maximum Gasteiger partial charge on any atom is 0.228 e. The molecule has 15 heavy (non-hydrogen) atoms.